The maximum atomic E-state index is 12.4. The summed E-state index contributed by atoms with van der Waals surface area (Å²) in [5, 5.41) is 6.86. The lowest BCUT2D eigenvalue weighted by Gasteiger charge is -2.16. The fourth-order valence-electron chi connectivity index (χ4n) is 2.81. The molecule has 0 heterocycles. The van der Waals surface area contributed by atoms with E-state index in [-0.39, 0.29) is 11.9 Å². The van der Waals surface area contributed by atoms with Crippen molar-refractivity contribution < 1.29 is 4.79 Å². The zero-order valence-corrected chi connectivity index (χ0v) is 17.2. The molecule has 0 saturated heterocycles. The normalized spacial score (nSPS) is 11.8. The number of carbonyl (C=O) groups excluding carboxylic acids is 1. The zero-order valence-electron chi connectivity index (χ0n) is 14.9. The van der Waals surface area contributed by atoms with Gasteiger partial charge in [-0.2, -0.15) is 0 Å². The Morgan fingerprint density at radius 3 is 2.56 bits per heavy atom. The van der Waals surface area contributed by atoms with E-state index in [1.807, 2.05) is 42.5 Å². The molecule has 3 aromatic carbocycles. The fourth-order valence-corrected chi connectivity index (χ4v) is 3.66. The van der Waals surface area contributed by atoms with Crippen LogP contribution in [0.1, 0.15) is 34.5 Å². The van der Waals surface area contributed by atoms with Crippen LogP contribution in [0, 0.1) is 0 Å². The first-order valence-electron chi connectivity index (χ1n) is 8.67. The van der Waals surface area contributed by atoms with E-state index in [0.29, 0.717) is 17.1 Å². The third-order valence-electron chi connectivity index (χ3n) is 4.29. The molecule has 0 radical (unpaired) electrons. The summed E-state index contributed by atoms with van der Waals surface area (Å²) >= 11 is 9.69. The van der Waals surface area contributed by atoms with Gasteiger partial charge < -0.3 is 10.6 Å². The Bertz CT molecular complexity index is 945. The minimum Gasteiger partial charge on any atom is -0.322 e. The highest BCUT2D eigenvalue weighted by Gasteiger charge is 2.11. The first-order valence-corrected chi connectivity index (χ1v) is 9.84. The quantitative estimate of drug-likeness (QED) is 0.476. The monoisotopic (exact) mass is 442 g/mol. The van der Waals surface area contributed by atoms with Gasteiger partial charge in [-0.05, 0) is 48.4 Å². The van der Waals surface area contributed by atoms with E-state index in [4.69, 9.17) is 11.6 Å². The summed E-state index contributed by atoms with van der Waals surface area (Å²) in [6.45, 7) is 2.82. The molecule has 1 atom stereocenters. The molecule has 0 fully saturated rings. The van der Waals surface area contributed by atoms with Gasteiger partial charge in [0.25, 0.3) is 5.91 Å². The Morgan fingerprint density at radius 1 is 1.04 bits per heavy atom. The van der Waals surface area contributed by atoms with Gasteiger partial charge in [0, 0.05) is 22.7 Å². The van der Waals surface area contributed by atoms with Crippen molar-refractivity contribution in [3.8, 4) is 0 Å². The van der Waals surface area contributed by atoms with Crippen LogP contribution in [-0.4, -0.2) is 5.91 Å². The number of nitrogens with one attached hydrogen (secondary N) is 2. The average Bonchev–Trinajstić information content (AvgIpc) is 2.67. The minimum atomic E-state index is -0.215. The number of anilines is 1. The summed E-state index contributed by atoms with van der Waals surface area (Å²) in [5.41, 5.74) is 3.50. The summed E-state index contributed by atoms with van der Waals surface area (Å²) in [4.78, 5) is 12.4. The summed E-state index contributed by atoms with van der Waals surface area (Å²) in [6.07, 6.45) is 0. The second kappa shape index (κ2) is 9.18. The van der Waals surface area contributed by atoms with Gasteiger partial charge in [-0.1, -0.05) is 70.0 Å². The highest BCUT2D eigenvalue weighted by atomic mass is 79.9. The van der Waals surface area contributed by atoms with Gasteiger partial charge in [0.15, 0.2) is 0 Å². The van der Waals surface area contributed by atoms with Crippen LogP contribution in [-0.2, 0) is 6.54 Å². The number of halogens is 2. The zero-order chi connectivity index (χ0) is 19.2. The predicted octanol–water partition coefficient (Wildman–Crippen LogP) is 6.21. The van der Waals surface area contributed by atoms with Crippen molar-refractivity contribution >= 4 is 39.1 Å². The predicted molar refractivity (Wildman–Crippen MR) is 115 cm³/mol. The van der Waals surface area contributed by atoms with Crippen molar-refractivity contribution in [3.63, 3.8) is 0 Å². The molecular weight excluding hydrogens is 424 g/mol. The third kappa shape index (κ3) is 5.19. The van der Waals surface area contributed by atoms with Crippen LogP contribution < -0.4 is 10.6 Å². The van der Waals surface area contributed by atoms with Gasteiger partial charge in [-0.3, -0.25) is 4.79 Å². The van der Waals surface area contributed by atoms with Crippen LogP contribution in [0.3, 0.4) is 0 Å². The van der Waals surface area contributed by atoms with E-state index in [1.54, 1.807) is 24.3 Å². The lowest BCUT2D eigenvalue weighted by Crippen LogP contribution is -2.18. The fraction of sp³-hybridized carbons (Fsp3) is 0.136. The number of hydrogen-bond donors (Lipinski definition) is 2. The van der Waals surface area contributed by atoms with Gasteiger partial charge in [0.2, 0.25) is 0 Å². The number of benzene rings is 3. The first kappa shape index (κ1) is 19.6. The Morgan fingerprint density at radius 2 is 1.78 bits per heavy atom. The van der Waals surface area contributed by atoms with Gasteiger partial charge in [0.1, 0.15) is 0 Å². The highest BCUT2D eigenvalue weighted by Crippen LogP contribution is 2.23. The van der Waals surface area contributed by atoms with Crippen LogP contribution in [0.25, 0.3) is 0 Å². The molecule has 0 spiro atoms. The second-order valence-electron chi connectivity index (χ2n) is 6.26. The number of hydrogen-bond acceptors (Lipinski definition) is 2. The molecule has 3 nitrogen and oxygen atoms in total. The van der Waals surface area contributed by atoms with Crippen molar-refractivity contribution in [1.82, 2.24) is 5.32 Å². The maximum absolute atomic E-state index is 12.4. The topological polar surface area (TPSA) is 41.1 Å². The Labute approximate surface area is 172 Å². The Hall–Kier alpha value is -2.14. The summed E-state index contributed by atoms with van der Waals surface area (Å²) in [5.74, 6) is -0.215. The van der Waals surface area contributed by atoms with E-state index in [9.17, 15) is 4.79 Å². The molecule has 0 bridgehead atoms. The smallest absolute Gasteiger partial charge is 0.257 e. The molecule has 0 aliphatic heterocycles. The third-order valence-corrected chi connectivity index (χ3v) is 5.34. The van der Waals surface area contributed by atoms with E-state index >= 15 is 0 Å². The van der Waals surface area contributed by atoms with Gasteiger partial charge in [0.05, 0.1) is 10.6 Å². The van der Waals surface area contributed by atoms with E-state index in [0.717, 1.165) is 15.7 Å². The molecule has 3 rings (SSSR count). The summed E-state index contributed by atoms with van der Waals surface area (Å²) in [7, 11) is 0. The average molecular weight is 444 g/mol. The molecule has 0 aromatic heterocycles. The van der Waals surface area contributed by atoms with Gasteiger partial charge in [-0.15, -0.1) is 0 Å². The van der Waals surface area contributed by atoms with Crippen LogP contribution >= 0.6 is 27.5 Å². The van der Waals surface area contributed by atoms with Crippen LogP contribution in [0.5, 0.6) is 0 Å². The Balaban J connectivity index is 1.65. The van der Waals surface area contributed by atoms with Crippen molar-refractivity contribution in [3.05, 3.63) is 99.0 Å². The van der Waals surface area contributed by atoms with E-state index < -0.39 is 0 Å². The molecule has 1 unspecified atom stereocenters. The SMILES string of the molecule is CC(NCc1cccc(NC(=O)c2ccccc2Cl)c1)c1ccccc1Br. The molecule has 0 saturated carbocycles. The number of carbonyl (C=O) groups is 1. The van der Waals surface area contributed by atoms with Gasteiger partial charge >= 0.3 is 0 Å². The number of rotatable bonds is 6. The second-order valence-corrected chi connectivity index (χ2v) is 7.52. The first-order chi connectivity index (χ1) is 13.0. The molecule has 5 heteroatoms. The van der Waals surface area contributed by atoms with E-state index in [1.165, 1.54) is 5.56 Å². The molecule has 2 N–H and O–H groups in total. The Kier molecular flexibility index (Phi) is 6.67. The molecule has 138 valence electrons. The van der Waals surface area contributed by atoms with Crippen molar-refractivity contribution in [1.29, 1.82) is 0 Å². The molecule has 0 aliphatic carbocycles. The van der Waals surface area contributed by atoms with E-state index in [2.05, 4.69) is 39.6 Å². The maximum Gasteiger partial charge on any atom is 0.257 e. The lowest BCUT2D eigenvalue weighted by atomic mass is 10.1. The molecule has 1 amide bonds. The standard InChI is InChI=1S/C22H20BrClN2O/c1-15(18-9-2-4-11-20(18)23)25-14-16-7-6-8-17(13-16)26-22(27)19-10-3-5-12-21(19)24/h2-13,15,25H,14H2,1H3,(H,26,27). The van der Waals surface area contributed by atoms with Crippen LogP contribution in [0.15, 0.2) is 77.3 Å². The number of amides is 1. The molecule has 0 aliphatic rings. The van der Waals surface area contributed by atoms with Crippen molar-refractivity contribution in [2.45, 2.75) is 19.5 Å². The highest BCUT2D eigenvalue weighted by molar-refractivity contribution is 9.10. The largest absolute Gasteiger partial charge is 0.322 e. The van der Waals surface area contributed by atoms with Crippen molar-refractivity contribution in [2.24, 2.45) is 0 Å². The van der Waals surface area contributed by atoms with Gasteiger partial charge in [-0.25, -0.2) is 0 Å². The molecular formula is C22H20BrClN2O. The van der Waals surface area contributed by atoms with Crippen molar-refractivity contribution in [2.75, 3.05) is 5.32 Å². The van der Waals surface area contributed by atoms with Crippen LogP contribution in [0.4, 0.5) is 5.69 Å². The molecule has 3 aromatic rings. The lowest BCUT2D eigenvalue weighted by molar-refractivity contribution is 0.102. The minimum absolute atomic E-state index is 0.196. The van der Waals surface area contributed by atoms with Crippen LogP contribution in [0.2, 0.25) is 5.02 Å². The summed E-state index contributed by atoms with van der Waals surface area (Å²) in [6, 6.07) is 23.2. The summed E-state index contributed by atoms with van der Waals surface area (Å²) < 4.78 is 1.09. The molecule has 27 heavy (non-hydrogen) atoms.